The van der Waals surface area contributed by atoms with E-state index in [2.05, 4.69) is 26.8 Å². The van der Waals surface area contributed by atoms with Gasteiger partial charge in [-0.25, -0.2) is 0 Å². The molecule has 1 rings (SSSR count). The predicted octanol–water partition coefficient (Wildman–Crippen LogP) is 9.70. The lowest BCUT2D eigenvalue weighted by Crippen LogP contribution is -2.06. The van der Waals surface area contributed by atoms with Crippen LogP contribution in [0.15, 0.2) is 12.1 Å². The fraction of sp³-hybridized carbons (Fsp3) is 0.800. The van der Waals surface area contributed by atoms with E-state index < -0.39 is 0 Å². The standard InChI is InChI=1S/C30H53O3/c1-4-7-10-13-16-19-25-31-28-23-22-24-29(32-26-20-17-14-11-8-5-2)30(28)33-27-21-18-15-12-9-6-3/h23-24H,4-21,25-27H2,1-3H3. The minimum absolute atomic E-state index is 0.719. The lowest BCUT2D eigenvalue weighted by molar-refractivity contribution is 0.234. The van der Waals surface area contributed by atoms with E-state index in [1.54, 1.807) is 0 Å². The quantitative estimate of drug-likeness (QED) is 0.143. The van der Waals surface area contributed by atoms with E-state index in [0.29, 0.717) is 0 Å². The smallest absolute Gasteiger partial charge is 0.203 e. The third-order valence-corrected chi connectivity index (χ3v) is 6.13. The van der Waals surface area contributed by atoms with Crippen molar-refractivity contribution in [1.82, 2.24) is 0 Å². The highest BCUT2D eigenvalue weighted by atomic mass is 16.5. The molecule has 191 valence electrons. The summed E-state index contributed by atoms with van der Waals surface area (Å²) >= 11 is 0. The molecule has 1 aromatic carbocycles. The van der Waals surface area contributed by atoms with Crippen molar-refractivity contribution >= 4 is 0 Å². The van der Waals surface area contributed by atoms with Crippen LogP contribution in [0.25, 0.3) is 0 Å². The summed E-state index contributed by atoms with van der Waals surface area (Å²) in [7, 11) is 0. The van der Waals surface area contributed by atoms with E-state index in [4.69, 9.17) is 14.2 Å². The van der Waals surface area contributed by atoms with Crippen molar-refractivity contribution in [3.05, 3.63) is 18.2 Å². The normalized spacial score (nSPS) is 11.0. The summed E-state index contributed by atoms with van der Waals surface area (Å²) in [6.45, 7) is 8.95. The maximum absolute atomic E-state index is 6.23. The Hall–Kier alpha value is -1.38. The number of benzene rings is 1. The van der Waals surface area contributed by atoms with Crippen LogP contribution in [-0.2, 0) is 0 Å². The van der Waals surface area contributed by atoms with Gasteiger partial charge in [0.05, 0.1) is 19.8 Å². The van der Waals surface area contributed by atoms with Crippen molar-refractivity contribution in [2.24, 2.45) is 0 Å². The topological polar surface area (TPSA) is 27.7 Å². The molecule has 1 aromatic rings. The first-order chi connectivity index (χ1) is 16.3. The van der Waals surface area contributed by atoms with Gasteiger partial charge in [-0.1, -0.05) is 117 Å². The number of hydrogen-bond donors (Lipinski definition) is 0. The van der Waals surface area contributed by atoms with Crippen LogP contribution in [-0.4, -0.2) is 19.8 Å². The fourth-order valence-corrected chi connectivity index (χ4v) is 3.99. The van der Waals surface area contributed by atoms with Crippen molar-refractivity contribution in [3.63, 3.8) is 0 Å². The summed E-state index contributed by atoms with van der Waals surface area (Å²) < 4.78 is 18.5. The van der Waals surface area contributed by atoms with Crippen molar-refractivity contribution in [3.8, 4) is 17.2 Å². The second-order valence-corrected chi connectivity index (χ2v) is 9.36. The van der Waals surface area contributed by atoms with Crippen LogP contribution in [0.1, 0.15) is 136 Å². The number of ether oxygens (including phenoxy) is 3. The zero-order valence-electron chi connectivity index (χ0n) is 22.2. The van der Waals surface area contributed by atoms with Gasteiger partial charge >= 0.3 is 0 Å². The first-order valence-corrected chi connectivity index (χ1v) is 14.3. The molecule has 0 aromatic heterocycles. The van der Waals surface area contributed by atoms with Gasteiger partial charge in [0, 0.05) is 0 Å². The lowest BCUT2D eigenvalue weighted by atomic mass is 10.1. The second-order valence-electron chi connectivity index (χ2n) is 9.36. The van der Waals surface area contributed by atoms with Gasteiger partial charge in [-0.3, -0.25) is 0 Å². The van der Waals surface area contributed by atoms with Gasteiger partial charge in [0.1, 0.15) is 0 Å². The molecule has 0 saturated heterocycles. The van der Waals surface area contributed by atoms with E-state index in [9.17, 15) is 0 Å². The summed E-state index contributed by atoms with van der Waals surface area (Å²) in [4.78, 5) is 0. The molecule has 3 heteroatoms. The first kappa shape index (κ1) is 29.7. The monoisotopic (exact) mass is 461 g/mol. The van der Waals surface area contributed by atoms with Crippen molar-refractivity contribution in [2.45, 2.75) is 136 Å². The van der Waals surface area contributed by atoms with Crippen molar-refractivity contribution in [2.75, 3.05) is 19.8 Å². The summed E-state index contributed by atoms with van der Waals surface area (Å²) in [6, 6.07) is 7.02. The average molecular weight is 462 g/mol. The maximum atomic E-state index is 6.23. The SMILES string of the molecule is CCCCCCCCOc1c[c]cc(OCCCCCCCC)c1OCCCCCCCC. The second kappa shape index (κ2) is 22.4. The van der Waals surface area contributed by atoms with E-state index >= 15 is 0 Å². The molecule has 0 saturated carbocycles. The average Bonchev–Trinajstić information content (AvgIpc) is 2.83. The van der Waals surface area contributed by atoms with Crippen LogP contribution in [0.3, 0.4) is 0 Å². The third-order valence-electron chi connectivity index (χ3n) is 6.13. The van der Waals surface area contributed by atoms with E-state index in [-0.39, 0.29) is 0 Å². The number of rotatable bonds is 24. The number of hydrogen-bond acceptors (Lipinski definition) is 3. The zero-order valence-corrected chi connectivity index (χ0v) is 22.2. The Morgan fingerprint density at radius 1 is 0.455 bits per heavy atom. The fourth-order valence-electron chi connectivity index (χ4n) is 3.99. The van der Waals surface area contributed by atoms with Crippen LogP contribution in [0, 0.1) is 6.07 Å². The minimum Gasteiger partial charge on any atom is -0.490 e. The van der Waals surface area contributed by atoms with Gasteiger partial charge in [-0.15, -0.1) is 0 Å². The van der Waals surface area contributed by atoms with Gasteiger partial charge in [0.25, 0.3) is 0 Å². The molecule has 0 unspecified atom stereocenters. The predicted molar refractivity (Wildman–Crippen MR) is 142 cm³/mol. The first-order valence-electron chi connectivity index (χ1n) is 14.3. The molecule has 0 amide bonds. The molecule has 0 heterocycles. The number of unbranched alkanes of at least 4 members (excludes halogenated alkanes) is 15. The molecular weight excluding hydrogens is 408 g/mol. The molecule has 0 aliphatic heterocycles. The Balaban J connectivity index is 2.51. The molecular formula is C30H53O3. The van der Waals surface area contributed by atoms with Crippen LogP contribution in [0.4, 0.5) is 0 Å². The summed E-state index contributed by atoms with van der Waals surface area (Å²) in [6.07, 6.45) is 22.7. The van der Waals surface area contributed by atoms with Crippen molar-refractivity contribution < 1.29 is 14.2 Å². The lowest BCUT2D eigenvalue weighted by Gasteiger charge is -2.17. The highest BCUT2D eigenvalue weighted by molar-refractivity contribution is 5.50. The largest absolute Gasteiger partial charge is 0.490 e. The van der Waals surface area contributed by atoms with Crippen molar-refractivity contribution in [1.29, 1.82) is 0 Å². The Bertz CT molecular complexity index is 507. The molecule has 0 aliphatic carbocycles. The molecule has 0 fully saturated rings. The van der Waals surface area contributed by atoms with Gasteiger partial charge in [0.15, 0.2) is 11.5 Å². The molecule has 0 aliphatic rings. The molecule has 0 atom stereocenters. The van der Waals surface area contributed by atoms with E-state index in [0.717, 1.165) is 56.3 Å². The van der Waals surface area contributed by atoms with Gasteiger partial charge < -0.3 is 14.2 Å². The molecule has 0 N–H and O–H groups in total. The van der Waals surface area contributed by atoms with Gasteiger partial charge in [0.2, 0.25) is 5.75 Å². The molecule has 33 heavy (non-hydrogen) atoms. The third kappa shape index (κ3) is 16.0. The summed E-state index contributed by atoms with van der Waals surface area (Å²) in [5, 5.41) is 0. The Morgan fingerprint density at radius 3 is 1.18 bits per heavy atom. The Labute approximate surface area is 206 Å². The Kier molecular flexibility index (Phi) is 20.1. The molecule has 0 spiro atoms. The van der Waals surface area contributed by atoms with Gasteiger partial charge in [-0.2, -0.15) is 0 Å². The highest BCUT2D eigenvalue weighted by Crippen LogP contribution is 2.37. The van der Waals surface area contributed by atoms with E-state index in [1.807, 2.05) is 12.1 Å². The Morgan fingerprint density at radius 2 is 0.788 bits per heavy atom. The zero-order chi connectivity index (χ0) is 23.8. The molecule has 1 radical (unpaired) electrons. The highest BCUT2D eigenvalue weighted by Gasteiger charge is 2.13. The van der Waals surface area contributed by atoms with Crippen LogP contribution in [0.5, 0.6) is 17.2 Å². The minimum atomic E-state index is 0.719. The molecule has 3 nitrogen and oxygen atoms in total. The van der Waals surface area contributed by atoms with Crippen LogP contribution >= 0.6 is 0 Å². The summed E-state index contributed by atoms with van der Waals surface area (Å²) in [5.41, 5.74) is 0. The maximum Gasteiger partial charge on any atom is 0.203 e. The van der Waals surface area contributed by atoms with E-state index in [1.165, 1.54) is 96.3 Å². The van der Waals surface area contributed by atoms with Gasteiger partial charge in [-0.05, 0) is 37.5 Å². The summed E-state index contributed by atoms with van der Waals surface area (Å²) in [5.74, 6) is 2.35. The van der Waals surface area contributed by atoms with Crippen LogP contribution < -0.4 is 14.2 Å². The molecule has 0 bridgehead atoms. The van der Waals surface area contributed by atoms with Crippen LogP contribution in [0.2, 0.25) is 0 Å².